The largest absolute Gasteiger partial charge is 0.481 e. The van der Waals surface area contributed by atoms with Gasteiger partial charge in [-0.1, -0.05) is 35.9 Å². The number of carbonyl (C=O) groups is 2. The number of hydrogen-bond donors (Lipinski definition) is 1. The fourth-order valence-corrected chi connectivity index (χ4v) is 1.81. The summed E-state index contributed by atoms with van der Waals surface area (Å²) in [5, 5.41) is 8.76. The van der Waals surface area contributed by atoms with Crippen LogP contribution in [0.25, 0.3) is 0 Å². The Kier molecular flexibility index (Phi) is 6.50. The molecule has 0 heterocycles. The number of amides is 1. The van der Waals surface area contributed by atoms with Crippen LogP contribution in [-0.2, 0) is 16.0 Å². The molecular weight excluding hydrogens is 254 g/mol. The van der Waals surface area contributed by atoms with Gasteiger partial charge in [-0.05, 0) is 25.8 Å². The van der Waals surface area contributed by atoms with E-state index in [1.807, 2.05) is 44.2 Å². The van der Waals surface area contributed by atoms with Crippen LogP contribution in [0, 0.1) is 0 Å². The molecule has 1 rings (SSSR count). The van der Waals surface area contributed by atoms with Crippen LogP contribution in [0.2, 0.25) is 0 Å². The molecule has 0 saturated heterocycles. The third-order valence-corrected chi connectivity index (χ3v) is 2.83. The lowest BCUT2D eigenvalue weighted by Gasteiger charge is -2.20. The first kappa shape index (κ1) is 16.0. The van der Waals surface area contributed by atoms with Crippen molar-refractivity contribution < 1.29 is 14.7 Å². The van der Waals surface area contributed by atoms with E-state index in [1.165, 1.54) is 0 Å². The number of allylic oxidation sites excluding steroid dienone is 1. The summed E-state index contributed by atoms with van der Waals surface area (Å²) in [6.45, 7) is 4.47. The summed E-state index contributed by atoms with van der Waals surface area (Å²) in [7, 11) is 0. The van der Waals surface area contributed by atoms with Crippen LogP contribution in [0.15, 0.2) is 42.0 Å². The second-order valence-corrected chi connectivity index (χ2v) is 4.93. The van der Waals surface area contributed by atoms with Crippen molar-refractivity contribution in [2.75, 3.05) is 13.1 Å². The average Bonchev–Trinajstić information content (AvgIpc) is 2.38. The van der Waals surface area contributed by atoms with Gasteiger partial charge in [-0.3, -0.25) is 9.59 Å². The van der Waals surface area contributed by atoms with Gasteiger partial charge in [0.1, 0.15) is 0 Å². The van der Waals surface area contributed by atoms with Crippen molar-refractivity contribution in [3.63, 3.8) is 0 Å². The molecule has 0 bridgehead atoms. The number of carboxylic acids is 1. The monoisotopic (exact) mass is 275 g/mol. The maximum atomic E-state index is 12.0. The maximum absolute atomic E-state index is 12.0. The fraction of sp³-hybridized carbons (Fsp3) is 0.375. The molecule has 0 unspecified atom stereocenters. The van der Waals surface area contributed by atoms with Crippen molar-refractivity contribution in [2.45, 2.75) is 26.7 Å². The number of nitrogens with zero attached hydrogens (tertiary/aromatic N) is 1. The highest BCUT2D eigenvalue weighted by Crippen LogP contribution is 2.04. The Bertz CT molecular complexity index is 476. The number of hydrogen-bond acceptors (Lipinski definition) is 2. The summed E-state index contributed by atoms with van der Waals surface area (Å²) >= 11 is 0. The quantitative estimate of drug-likeness (QED) is 0.778. The number of benzene rings is 1. The molecule has 0 radical (unpaired) electrons. The molecular formula is C16H21NO3. The van der Waals surface area contributed by atoms with Crippen LogP contribution in [0.3, 0.4) is 0 Å². The molecule has 1 amide bonds. The number of carboxylic acid groups (broad SMARTS) is 1. The van der Waals surface area contributed by atoms with Crippen LogP contribution < -0.4 is 0 Å². The highest BCUT2D eigenvalue weighted by molar-refractivity contribution is 5.88. The van der Waals surface area contributed by atoms with Gasteiger partial charge < -0.3 is 10.0 Å². The minimum atomic E-state index is -0.889. The molecule has 0 aliphatic heterocycles. The normalized spacial score (nSPS) is 9.90. The van der Waals surface area contributed by atoms with Crippen LogP contribution in [-0.4, -0.2) is 35.0 Å². The van der Waals surface area contributed by atoms with E-state index in [-0.39, 0.29) is 18.9 Å². The summed E-state index contributed by atoms with van der Waals surface area (Å²) in [4.78, 5) is 24.3. The molecule has 1 aromatic rings. The Morgan fingerprint density at radius 2 is 1.80 bits per heavy atom. The summed E-state index contributed by atoms with van der Waals surface area (Å²) in [5.74, 6) is -1.01. The van der Waals surface area contributed by atoms with Gasteiger partial charge in [0, 0.05) is 19.2 Å². The van der Waals surface area contributed by atoms with Gasteiger partial charge in [-0.2, -0.15) is 0 Å². The van der Waals surface area contributed by atoms with E-state index in [0.717, 1.165) is 17.6 Å². The van der Waals surface area contributed by atoms with Crippen molar-refractivity contribution in [3.05, 3.63) is 47.5 Å². The van der Waals surface area contributed by atoms with E-state index in [1.54, 1.807) is 11.0 Å². The Morgan fingerprint density at radius 3 is 2.35 bits per heavy atom. The van der Waals surface area contributed by atoms with Crippen molar-refractivity contribution in [2.24, 2.45) is 0 Å². The molecule has 108 valence electrons. The molecule has 1 aromatic carbocycles. The molecule has 4 heteroatoms. The summed E-state index contributed by atoms with van der Waals surface area (Å²) in [6, 6.07) is 9.85. The van der Waals surface area contributed by atoms with Gasteiger partial charge in [-0.25, -0.2) is 0 Å². The summed E-state index contributed by atoms with van der Waals surface area (Å²) < 4.78 is 0. The van der Waals surface area contributed by atoms with E-state index >= 15 is 0 Å². The Morgan fingerprint density at radius 1 is 1.15 bits per heavy atom. The second-order valence-electron chi connectivity index (χ2n) is 4.93. The van der Waals surface area contributed by atoms with Gasteiger partial charge in [0.2, 0.25) is 5.91 Å². The Hall–Kier alpha value is -2.10. The zero-order chi connectivity index (χ0) is 15.0. The van der Waals surface area contributed by atoms with E-state index in [9.17, 15) is 9.59 Å². The van der Waals surface area contributed by atoms with Crippen LogP contribution in [0.5, 0.6) is 0 Å². The predicted octanol–water partition coefficient (Wildman–Crippen LogP) is 2.50. The van der Waals surface area contributed by atoms with Gasteiger partial charge >= 0.3 is 5.97 Å². The third-order valence-electron chi connectivity index (χ3n) is 2.83. The standard InChI is InChI=1S/C16H21NO3/c1-13(2)12-15(18)17(11-9-16(19)20)10-8-14-6-4-3-5-7-14/h3-7,12H,8-11H2,1-2H3,(H,19,20). The molecule has 0 aliphatic rings. The molecule has 4 nitrogen and oxygen atoms in total. The molecule has 1 N–H and O–H groups in total. The van der Waals surface area contributed by atoms with Crippen LogP contribution in [0.1, 0.15) is 25.8 Å². The van der Waals surface area contributed by atoms with E-state index in [2.05, 4.69) is 0 Å². The van der Waals surface area contributed by atoms with Crippen molar-refractivity contribution in [1.82, 2.24) is 4.90 Å². The molecule has 0 aliphatic carbocycles. The van der Waals surface area contributed by atoms with E-state index in [4.69, 9.17) is 5.11 Å². The number of aliphatic carboxylic acids is 1. The van der Waals surface area contributed by atoms with Gasteiger partial charge in [0.15, 0.2) is 0 Å². The summed E-state index contributed by atoms with van der Waals surface area (Å²) in [6.07, 6.45) is 2.24. The van der Waals surface area contributed by atoms with Crippen molar-refractivity contribution in [3.8, 4) is 0 Å². The third kappa shape index (κ3) is 6.18. The summed E-state index contributed by atoms with van der Waals surface area (Å²) in [5.41, 5.74) is 2.05. The smallest absolute Gasteiger partial charge is 0.305 e. The van der Waals surface area contributed by atoms with E-state index in [0.29, 0.717) is 6.54 Å². The van der Waals surface area contributed by atoms with Gasteiger partial charge in [0.25, 0.3) is 0 Å². The van der Waals surface area contributed by atoms with Crippen molar-refractivity contribution in [1.29, 1.82) is 0 Å². The molecule has 0 fully saturated rings. The molecule has 0 atom stereocenters. The second kappa shape index (κ2) is 8.15. The Labute approximate surface area is 119 Å². The molecule has 20 heavy (non-hydrogen) atoms. The lowest BCUT2D eigenvalue weighted by atomic mass is 10.1. The lowest BCUT2D eigenvalue weighted by Crippen LogP contribution is -2.33. The number of rotatable bonds is 7. The van der Waals surface area contributed by atoms with Crippen LogP contribution >= 0.6 is 0 Å². The molecule has 0 aromatic heterocycles. The van der Waals surface area contributed by atoms with Gasteiger partial charge in [-0.15, -0.1) is 0 Å². The lowest BCUT2D eigenvalue weighted by molar-refractivity contribution is -0.137. The zero-order valence-electron chi connectivity index (χ0n) is 12.0. The topological polar surface area (TPSA) is 57.6 Å². The zero-order valence-corrected chi connectivity index (χ0v) is 12.0. The fourth-order valence-electron chi connectivity index (χ4n) is 1.81. The highest BCUT2D eigenvalue weighted by atomic mass is 16.4. The van der Waals surface area contributed by atoms with Crippen LogP contribution in [0.4, 0.5) is 0 Å². The maximum Gasteiger partial charge on any atom is 0.305 e. The Balaban J connectivity index is 2.64. The average molecular weight is 275 g/mol. The SMILES string of the molecule is CC(C)=CC(=O)N(CCC(=O)O)CCc1ccccc1. The minimum Gasteiger partial charge on any atom is -0.481 e. The van der Waals surface area contributed by atoms with E-state index < -0.39 is 5.97 Å². The van der Waals surface area contributed by atoms with Gasteiger partial charge in [0.05, 0.1) is 6.42 Å². The first-order valence-electron chi connectivity index (χ1n) is 6.68. The minimum absolute atomic E-state index is 0.0306. The predicted molar refractivity (Wildman–Crippen MR) is 78.4 cm³/mol. The molecule has 0 saturated carbocycles. The molecule has 0 spiro atoms. The first-order chi connectivity index (χ1) is 9.49. The highest BCUT2D eigenvalue weighted by Gasteiger charge is 2.12. The number of carbonyl (C=O) groups excluding carboxylic acids is 1. The van der Waals surface area contributed by atoms with Crippen molar-refractivity contribution >= 4 is 11.9 Å². The first-order valence-corrected chi connectivity index (χ1v) is 6.68.